The standard InChI is InChI=1S/C10H14N2S/c1-3-6-12(2)8-10-5-4-9(7-11)13-10/h1,4-5H,6-8,11H2,2H3. The summed E-state index contributed by atoms with van der Waals surface area (Å²) in [5, 5.41) is 0. The maximum atomic E-state index is 5.52. The lowest BCUT2D eigenvalue weighted by Crippen LogP contribution is -2.16. The fourth-order valence-corrected chi connectivity index (χ4v) is 2.07. The van der Waals surface area contributed by atoms with Crippen LogP contribution in [-0.2, 0) is 13.1 Å². The monoisotopic (exact) mass is 194 g/mol. The zero-order valence-electron chi connectivity index (χ0n) is 7.79. The van der Waals surface area contributed by atoms with Crippen molar-refractivity contribution in [1.29, 1.82) is 0 Å². The number of terminal acetylenes is 1. The van der Waals surface area contributed by atoms with Crippen molar-refractivity contribution in [3.05, 3.63) is 21.9 Å². The predicted molar refractivity (Wildman–Crippen MR) is 57.4 cm³/mol. The normalized spacial score (nSPS) is 10.3. The molecule has 0 saturated heterocycles. The molecule has 2 nitrogen and oxygen atoms in total. The highest BCUT2D eigenvalue weighted by Crippen LogP contribution is 2.16. The molecule has 0 bridgehead atoms. The molecule has 0 amide bonds. The second kappa shape index (κ2) is 5.03. The van der Waals surface area contributed by atoms with E-state index >= 15 is 0 Å². The first kappa shape index (κ1) is 10.3. The Kier molecular flexibility index (Phi) is 3.97. The molecule has 0 atom stereocenters. The van der Waals surface area contributed by atoms with Crippen LogP contribution < -0.4 is 5.73 Å². The molecule has 1 aromatic rings. The van der Waals surface area contributed by atoms with Gasteiger partial charge >= 0.3 is 0 Å². The van der Waals surface area contributed by atoms with Crippen LogP contribution in [0.4, 0.5) is 0 Å². The predicted octanol–water partition coefficient (Wildman–Crippen LogP) is 1.27. The molecule has 0 aliphatic carbocycles. The summed E-state index contributed by atoms with van der Waals surface area (Å²) in [6.07, 6.45) is 5.21. The Balaban J connectivity index is 2.49. The summed E-state index contributed by atoms with van der Waals surface area (Å²) in [5.74, 6) is 2.61. The molecule has 0 aromatic carbocycles. The summed E-state index contributed by atoms with van der Waals surface area (Å²) in [7, 11) is 2.02. The largest absolute Gasteiger partial charge is 0.326 e. The second-order valence-corrected chi connectivity index (χ2v) is 4.20. The third-order valence-electron chi connectivity index (χ3n) is 1.71. The van der Waals surface area contributed by atoms with Crippen LogP contribution in [0.2, 0.25) is 0 Å². The molecule has 1 rings (SSSR count). The van der Waals surface area contributed by atoms with Crippen LogP contribution in [0, 0.1) is 12.3 Å². The number of thiophene rings is 1. The van der Waals surface area contributed by atoms with Crippen molar-refractivity contribution >= 4 is 11.3 Å². The molecule has 0 aliphatic rings. The molecule has 0 spiro atoms. The fraction of sp³-hybridized carbons (Fsp3) is 0.400. The summed E-state index contributed by atoms with van der Waals surface area (Å²) in [5.41, 5.74) is 5.52. The third kappa shape index (κ3) is 3.19. The first-order valence-electron chi connectivity index (χ1n) is 4.16. The Morgan fingerprint density at radius 1 is 1.54 bits per heavy atom. The summed E-state index contributed by atoms with van der Waals surface area (Å²) in [4.78, 5) is 4.65. The van der Waals surface area contributed by atoms with E-state index in [4.69, 9.17) is 12.2 Å². The van der Waals surface area contributed by atoms with Gasteiger partial charge in [0, 0.05) is 22.8 Å². The van der Waals surface area contributed by atoms with Crippen LogP contribution in [0.25, 0.3) is 0 Å². The van der Waals surface area contributed by atoms with Crippen molar-refractivity contribution in [2.75, 3.05) is 13.6 Å². The second-order valence-electron chi connectivity index (χ2n) is 2.95. The van der Waals surface area contributed by atoms with Gasteiger partial charge in [0.15, 0.2) is 0 Å². The molecule has 2 N–H and O–H groups in total. The maximum Gasteiger partial charge on any atom is 0.0599 e. The lowest BCUT2D eigenvalue weighted by atomic mass is 10.4. The van der Waals surface area contributed by atoms with E-state index in [0.29, 0.717) is 13.1 Å². The molecule has 0 unspecified atom stereocenters. The highest BCUT2D eigenvalue weighted by molar-refractivity contribution is 7.11. The van der Waals surface area contributed by atoms with Crippen LogP contribution in [0.5, 0.6) is 0 Å². The molecule has 0 radical (unpaired) electrons. The van der Waals surface area contributed by atoms with E-state index < -0.39 is 0 Å². The first-order chi connectivity index (χ1) is 6.26. The molecule has 1 heterocycles. The molecular formula is C10H14N2S. The zero-order valence-corrected chi connectivity index (χ0v) is 8.60. The van der Waals surface area contributed by atoms with Crippen molar-refractivity contribution < 1.29 is 0 Å². The fourth-order valence-electron chi connectivity index (χ4n) is 1.09. The third-order valence-corrected chi connectivity index (χ3v) is 2.80. The quantitative estimate of drug-likeness (QED) is 0.731. The summed E-state index contributed by atoms with van der Waals surface area (Å²) >= 11 is 1.75. The van der Waals surface area contributed by atoms with E-state index in [9.17, 15) is 0 Å². The summed E-state index contributed by atoms with van der Waals surface area (Å²) < 4.78 is 0. The van der Waals surface area contributed by atoms with Crippen LogP contribution >= 0.6 is 11.3 Å². The van der Waals surface area contributed by atoms with Gasteiger partial charge in [-0.25, -0.2) is 0 Å². The lowest BCUT2D eigenvalue weighted by molar-refractivity contribution is 0.372. The van der Waals surface area contributed by atoms with Gasteiger partial charge in [0.2, 0.25) is 0 Å². The Morgan fingerprint density at radius 3 is 2.77 bits per heavy atom. The number of nitrogens with two attached hydrogens (primary N) is 1. The van der Waals surface area contributed by atoms with E-state index in [1.807, 2.05) is 7.05 Å². The van der Waals surface area contributed by atoms with Crippen molar-refractivity contribution in [1.82, 2.24) is 4.90 Å². The molecule has 13 heavy (non-hydrogen) atoms. The SMILES string of the molecule is C#CCN(C)Cc1ccc(CN)s1. The minimum atomic E-state index is 0.628. The highest BCUT2D eigenvalue weighted by atomic mass is 32.1. The van der Waals surface area contributed by atoms with Crippen LogP contribution in [0.3, 0.4) is 0 Å². The lowest BCUT2D eigenvalue weighted by Gasteiger charge is -2.10. The molecule has 0 aliphatic heterocycles. The smallest absolute Gasteiger partial charge is 0.0599 e. The molecule has 0 saturated carbocycles. The topological polar surface area (TPSA) is 29.3 Å². The van der Waals surface area contributed by atoms with Gasteiger partial charge in [0.05, 0.1) is 6.54 Å². The number of rotatable bonds is 4. The first-order valence-corrected chi connectivity index (χ1v) is 4.97. The van der Waals surface area contributed by atoms with Gasteiger partial charge in [-0.05, 0) is 19.2 Å². The minimum absolute atomic E-state index is 0.628. The van der Waals surface area contributed by atoms with Crippen LogP contribution in [0.1, 0.15) is 9.75 Å². The van der Waals surface area contributed by atoms with Crippen LogP contribution in [-0.4, -0.2) is 18.5 Å². The molecule has 70 valence electrons. The average Bonchev–Trinajstić information content (AvgIpc) is 2.52. The Hall–Kier alpha value is -0.820. The Morgan fingerprint density at radius 2 is 2.23 bits per heavy atom. The van der Waals surface area contributed by atoms with Gasteiger partial charge in [-0.2, -0.15) is 0 Å². The Labute approximate surface area is 83.4 Å². The summed E-state index contributed by atoms with van der Waals surface area (Å²) in [6.45, 7) is 2.23. The molecule has 0 fully saturated rings. The molecule has 3 heteroatoms. The van der Waals surface area contributed by atoms with E-state index in [-0.39, 0.29) is 0 Å². The zero-order chi connectivity index (χ0) is 9.68. The maximum absolute atomic E-state index is 5.52. The van der Waals surface area contributed by atoms with Gasteiger partial charge in [0.25, 0.3) is 0 Å². The van der Waals surface area contributed by atoms with E-state index in [1.165, 1.54) is 9.75 Å². The average molecular weight is 194 g/mol. The highest BCUT2D eigenvalue weighted by Gasteiger charge is 2.01. The van der Waals surface area contributed by atoms with Crippen LogP contribution in [0.15, 0.2) is 12.1 Å². The van der Waals surface area contributed by atoms with Gasteiger partial charge in [-0.3, -0.25) is 4.90 Å². The molecule has 1 aromatic heterocycles. The van der Waals surface area contributed by atoms with E-state index in [1.54, 1.807) is 11.3 Å². The molecular weight excluding hydrogens is 180 g/mol. The van der Waals surface area contributed by atoms with Gasteiger partial charge in [-0.15, -0.1) is 17.8 Å². The summed E-state index contributed by atoms with van der Waals surface area (Å²) in [6, 6.07) is 4.18. The van der Waals surface area contributed by atoms with E-state index in [2.05, 4.69) is 23.0 Å². The number of hydrogen-bond donors (Lipinski definition) is 1. The van der Waals surface area contributed by atoms with Gasteiger partial charge < -0.3 is 5.73 Å². The minimum Gasteiger partial charge on any atom is -0.326 e. The van der Waals surface area contributed by atoms with Gasteiger partial charge in [0.1, 0.15) is 0 Å². The van der Waals surface area contributed by atoms with Crippen molar-refractivity contribution in [3.8, 4) is 12.3 Å². The van der Waals surface area contributed by atoms with Crippen molar-refractivity contribution in [2.24, 2.45) is 5.73 Å². The Bertz CT molecular complexity index is 298. The van der Waals surface area contributed by atoms with E-state index in [0.717, 1.165) is 6.54 Å². The number of nitrogens with zero attached hydrogens (tertiary/aromatic N) is 1. The van der Waals surface area contributed by atoms with Crippen molar-refractivity contribution in [3.63, 3.8) is 0 Å². The van der Waals surface area contributed by atoms with Crippen molar-refractivity contribution in [2.45, 2.75) is 13.1 Å². The van der Waals surface area contributed by atoms with Gasteiger partial charge in [-0.1, -0.05) is 5.92 Å². The number of hydrogen-bond acceptors (Lipinski definition) is 3.